The number of hydrogen-bond acceptors (Lipinski definition) is 2. The quantitative estimate of drug-likeness (QED) is 0.723. The summed E-state index contributed by atoms with van der Waals surface area (Å²) in [6, 6.07) is 4.33. The zero-order valence-corrected chi connectivity index (χ0v) is 9.07. The minimum absolute atomic E-state index is 0.142. The van der Waals surface area contributed by atoms with Gasteiger partial charge in [0.15, 0.2) is 5.78 Å². The van der Waals surface area contributed by atoms with E-state index in [1.165, 1.54) is 18.3 Å². The first-order valence-electron chi connectivity index (χ1n) is 4.87. The maximum absolute atomic E-state index is 13.0. The topological polar surface area (TPSA) is 34.9 Å². The Kier molecular flexibility index (Phi) is 2.56. The number of aromatic nitrogens is 2. The van der Waals surface area contributed by atoms with Crippen LogP contribution in [0.2, 0.25) is 0 Å². The van der Waals surface area contributed by atoms with Crippen LogP contribution in [-0.2, 0) is 7.05 Å². The van der Waals surface area contributed by atoms with Crippen LogP contribution >= 0.6 is 0 Å². The summed E-state index contributed by atoms with van der Waals surface area (Å²) in [5.74, 6) is -0.445. The van der Waals surface area contributed by atoms with E-state index < -0.39 is 0 Å². The molecule has 0 saturated carbocycles. The summed E-state index contributed by atoms with van der Waals surface area (Å²) in [4.78, 5) is 11.9. The number of aryl methyl sites for hydroxylation is 2. The fourth-order valence-corrected chi connectivity index (χ4v) is 1.49. The Morgan fingerprint density at radius 1 is 1.38 bits per heavy atom. The van der Waals surface area contributed by atoms with Crippen LogP contribution in [0.4, 0.5) is 4.39 Å². The Hall–Kier alpha value is -1.97. The molecule has 0 spiro atoms. The average Bonchev–Trinajstić information content (AvgIpc) is 2.68. The van der Waals surface area contributed by atoms with Gasteiger partial charge >= 0.3 is 0 Å². The predicted octanol–water partition coefficient (Wildman–Crippen LogP) is 2.10. The zero-order valence-electron chi connectivity index (χ0n) is 9.07. The molecule has 2 aromatic rings. The highest BCUT2D eigenvalue weighted by atomic mass is 19.1. The van der Waals surface area contributed by atoms with Gasteiger partial charge in [0.05, 0.1) is 11.8 Å². The third kappa shape index (κ3) is 1.86. The molecule has 2 rings (SSSR count). The molecule has 16 heavy (non-hydrogen) atoms. The Balaban J connectivity index is 2.38. The maximum Gasteiger partial charge on any atom is 0.196 e. The predicted molar refractivity (Wildman–Crippen MR) is 57.8 cm³/mol. The minimum Gasteiger partial charge on any atom is -0.288 e. The van der Waals surface area contributed by atoms with E-state index in [0.29, 0.717) is 16.7 Å². The molecule has 0 fully saturated rings. The first kappa shape index (κ1) is 10.5. The lowest BCUT2D eigenvalue weighted by Gasteiger charge is -2.00. The van der Waals surface area contributed by atoms with E-state index in [9.17, 15) is 9.18 Å². The minimum atomic E-state index is -0.303. The first-order chi connectivity index (χ1) is 7.58. The number of benzene rings is 1. The summed E-state index contributed by atoms with van der Waals surface area (Å²) < 4.78 is 14.6. The van der Waals surface area contributed by atoms with Crippen LogP contribution in [0.25, 0.3) is 0 Å². The van der Waals surface area contributed by atoms with E-state index in [2.05, 4.69) is 5.10 Å². The molecule has 0 radical (unpaired) electrons. The number of carbonyl (C=O) groups excluding carboxylic acids is 1. The molecule has 0 aliphatic carbocycles. The van der Waals surface area contributed by atoms with Crippen LogP contribution < -0.4 is 0 Å². The van der Waals surface area contributed by atoms with Crippen molar-refractivity contribution < 1.29 is 9.18 Å². The zero-order chi connectivity index (χ0) is 11.7. The number of rotatable bonds is 2. The molecule has 0 aliphatic heterocycles. The Morgan fingerprint density at radius 3 is 2.69 bits per heavy atom. The van der Waals surface area contributed by atoms with Gasteiger partial charge < -0.3 is 0 Å². The molecule has 1 heterocycles. The summed E-state index contributed by atoms with van der Waals surface area (Å²) in [6.45, 7) is 1.63. The number of nitrogens with zero attached hydrogens (tertiary/aromatic N) is 2. The molecular weight excluding hydrogens is 207 g/mol. The third-order valence-corrected chi connectivity index (χ3v) is 2.39. The van der Waals surface area contributed by atoms with Gasteiger partial charge in [0.1, 0.15) is 5.82 Å². The highest BCUT2D eigenvalue weighted by Gasteiger charge is 2.11. The van der Waals surface area contributed by atoms with Crippen LogP contribution in [0.5, 0.6) is 0 Å². The molecule has 1 aromatic carbocycles. The van der Waals surface area contributed by atoms with Crippen LogP contribution in [0.15, 0.2) is 30.6 Å². The van der Waals surface area contributed by atoms with Crippen molar-refractivity contribution in [2.45, 2.75) is 6.92 Å². The number of halogens is 1. The summed E-state index contributed by atoms with van der Waals surface area (Å²) >= 11 is 0. The standard InChI is InChI=1S/C12H11FN2O/c1-8-5-9(3-4-11(8)13)12(16)10-6-14-15(2)7-10/h3-7H,1-2H3. The lowest BCUT2D eigenvalue weighted by molar-refractivity contribution is 0.103. The Bertz CT molecular complexity index is 546. The van der Waals surface area contributed by atoms with E-state index in [4.69, 9.17) is 0 Å². The van der Waals surface area contributed by atoms with Crippen LogP contribution in [-0.4, -0.2) is 15.6 Å². The second kappa shape index (κ2) is 3.89. The van der Waals surface area contributed by atoms with Gasteiger partial charge in [-0.15, -0.1) is 0 Å². The molecule has 0 atom stereocenters. The van der Waals surface area contributed by atoms with Gasteiger partial charge in [-0.05, 0) is 30.7 Å². The molecular formula is C12H11FN2O. The molecule has 0 unspecified atom stereocenters. The van der Waals surface area contributed by atoms with Crippen molar-refractivity contribution in [2.24, 2.45) is 7.05 Å². The van der Waals surface area contributed by atoms with E-state index in [1.807, 2.05) is 0 Å². The average molecular weight is 218 g/mol. The number of carbonyl (C=O) groups is 1. The highest BCUT2D eigenvalue weighted by molar-refractivity contribution is 6.08. The SMILES string of the molecule is Cc1cc(C(=O)c2cnn(C)c2)ccc1F. The normalized spacial score (nSPS) is 10.4. The van der Waals surface area contributed by atoms with Gasteiger partial charge in [-0.2, -0.15) is 5.10 Å². The maximum atomic E-state index is 13.0. The van der Waals surface area contributed by atoms with Gasteiger partial charge in [-0.25, -0.2) is 4.39 Å². The first-order valence-corrected chi connectivity index (χ1v) is 4.87. The third-order valence-electron chi connectivity index (χ3n) is 2.39. The second-order valence-electron chi connectivity index (χ2n) is 3.70. The molecule has 0 amide bonds. The lowest BCUT2D eigenvalue weighted by Crippen LogP contribution is -2.01. The number of ketones is 1. The van der Waals surface area contributed by atoms with Gasteiger partial charge in [-0.3, -0.25) is 9.48 Å². The Morgan fingerprint density at radius 2 is 2.12 bits per heavy atom. The van der Waals surface area contributed by atoms with Gasteiger partial charge in [0.25, 0.3) is 0 Å². The monoisotopic (exact) mass is 218 g/mol. The fourth-order valence-electron chi connectivity index (χ4n) is 1.49. The molecule has 82 valence electrons. The molecule has 0 bridgehead atoms. The van der Waals surface area contributed by atoms with E-state index in [1.54, 1.807) is 30.9 Å². The second-order valence-corrected chi connectivity index (χ2v) is 3.70. The molecule has 0 N–H and O–H groups in total. The largest absolute Gasteiger partial charge is 0.288 e. The van der Waals surface area contributed by atoms with Crippen molar-refractivity contribution in [3.8, 4) is 0 Å². The van der Waals surface area contributed by atoms with Crippen LogP contribution in [0.1, 0.15) is 21.5 Å². The smallest absolute Gasteiger partial charge is 0.196 e. The van der Waals surface area contributed by atoms with Gasteiger partial charge in [0, 0.05) is 18.8 Å². The van der Waals surface area contributed by atoms with Crippen LogP contribution in [0, 0.1) is 12.7 Å². The van der Waals surface area contributed by atoms with Gasteiger partial charge in [0.2, 0.25) is 0 Å². The summed E-state index contributed by atoms with van der Waals surface area (Å²) in [5, 5.41) is 3.92. The summed E-state index contributed by atoms with van der Waals surface area (Å²) in [5.41, 5.74) is 1.45. The van der Waals surface area contributed by atoms with E-state index in [-0.39, 0.29) is 11.6 Å². The van der Waals surface area contributed by atoms with E-state index in [0.717, 1.165) is 0 Å². The van der Waals surface area contributed by atoms with Crippen molar-refractivity contribution in [3.05, 3.63) is 53.1 Å². The lowest BCUT2D eigenvalue weighted by atomic mass is 10.0. The van der Waals surface area contributed by atoms with Crippen molar-refractivity contribution >= 4 is 5.78 Å². The molecule has 0 aliphatic rings. The molecule has 1 aromatic heterocycles. The highest BCUT2D eigenvalue weighted by Crippen LogP contribution is 2.13. The van der Waals surface area contributed by atoms with Crippen molar-refractivity contribution in [1.29, 1.82) is 0 Å². The molecule has 4 heteroatoms. The van der Waals surface area contributed by atoms with Crippen molar-refractivity contribution in [1.82, 2.24) is 9.78 Å². The van der Waals surface area contributed by atoms with Crippen molar-refractivity contribution in [2.75, 3.05) is 0 Å². The Labute approximate surface area is 92.5 Å². The summed E-state index contributed by atoms with van der Waals surface area (Å²) in [6.07, 6.45) is 3.14. The summed E-state index contributed by atoms with van der Waals surface area (Å²) in [7, 11) is 1.74. The van der Waals surface area contributed by atoms with Gasteiger partial charge in [-0.1, -0.05) is 0 Å². The number of hydrogen-bond donors (Lipinski definition) is 0. The molecule has 3 nitrogen and oxygen atoms in total. The van der Waals surface area contributed by atoms with Crippen molar-refractivity contribution in [3.63, 3.8) is 0 Å². The molecule has 0 saturated heterocycles. The van der Waals surface area contributed by atoms with Crippen LogP contribution in [0.3, 0.4) is 0 Å². The fraction of sp³-hybridized carbons (Fsp3) is 0.167. The van der Waals surface area contributed by atoms with E-state index >= 15 is 0 Å².